The first-order valence-electron chi connectivity index (χ1n) is 4.60. The van der Waals surface area contributed by atoms with Crippen molar-refractivity contribution >= 4 is 22.2 Å². The first-order chi connectivity index (χ1) is 7.67. The summed E-state index contributed by atoms with van der Waals surface area (Å²) in [5, 5.41) is 3.99. The van der Waals surface area contributed by atoms with Crippen molar-refractivity contribution < 1.29 is 9.18 Å². The molecule has 0 fully saturated rings. The maximum absolute atomic E-state index is 13.1. The van der Waals surface area contributed by atoms with Gasteiger partial charge in [-0.05, 0) is 23.8 Å². The molecule has 0 bridgehead atoms. The van der Waals surface area contributed by atoms with Crippen LogP contribution in [0.2, 0.25) is 0 Å². The minimum Gasteiger partial charge on any atom is -0.298 e. The third kappa shape index (κ3) is 2.55. The van der Waals surface area contributed by atoms with Gasteiger partial charge in [-0.15, -0.1) is 0 Å². The van der Waals surface area contributed by atoms with E-state index in [4.69, 9.17) is 0 Å². The van der Waals surface area contributed by atoms with Crippen molar-refractivity contribution in [1.29, 1.82) is 0 Å². The quantitative estimate of drug-likeness (QED) is 0.812. The summed E-state index contributed by atoms with van der Waals surface area (Å²) < 4.78 is 15.4. The molecule has 82 valence electrons. The maximum Gasteiger partial charge on any atom is 0.153 e. The van der Waals surface area contributed by atoms with E-state index in [0.717, 1.165) is 11.8 Å². The summed E-state index contributed by atoms with van der Waals surface area (Å²) in [6.45, 7) is 0.435. The highest BCUT2D eigenvalue weighted by molar-refractivity contribution is 9.10. The zero-order valence-electron chi connectivity index (χ0n) is 8.23. The van der Waals surface area contributed by atoms with Crippen LogP contribution >= 0.6 is 15.9 Å². The Bertz CT molecular complexity index is 504. The Labute approximate surface area is 100 Å². The summed E-state index contributed by atoms with van der Waals surface area (Å²) >= 11 is 3.22. The standard InChI is InChI=1S/C11H8BrFN2O/c12-10-1-8(2-11(13)3-10)5-15-6-9(7-16)4-14-15/h1-4,6-7H,5H2. The molecule has 1 aromatic heterocycles. The molecule has 2 aromatic rings. The summed E-state index contributed by atoms with van der Waals surface area (Å²) in [7, 11) is 0. The number of aldehydes is 1. The van der Waals surface area contributed by atoms with Crippen LogP contribution in [-0.4, -0.2) is 16.1 Å². The molecule has 1 aromatic carbocycles. The minimum absolute atomic E-state index is 0.299. The maximum atomic E-state index is 13.1. The van der Waals surface area contributed by atoms with E-state index >= 15 is 0 Å². The normalized spacial score (nSPS) is 10.4. The summed E-state index contributed by atoms with van der Waals surface area (Å²) in [6, 6.07) is 4.64. The Balaban J connectivity index is 2.22. The van der Waals surface area contributed by atoms with Crippen LogP contribution in [-0.2, 0) is 6.54 Å². The SMILES string of the molecule is O=Cc1cnn(Cc2cc(F)cc(Br)c2)c1. The van der Waals surface area contributed by atoms with Crippen molar-refractivity contribution in [2.75, 3.05) is 0 Å². The van der Waals surface area contributed by atoms with Gasteiger partial charge in [0.2, 0.25) is 0 Å². The van der Waals surface area contributed by atoms with E-state index < -0.39 is 0 Å². The molecule has 0 aliphatic rings. The van der Waals surface area contributed by atoms with E-state index in [1.54, 1.807) is 10.9 Å². The Morgan fingerprint density at radius 1 is 1.44 bits per heavy atom. The van der Waals surface area contributed by atoms with Gasteiger partial charge < -0.3 is 0 Å². The lowest BCUT2D eigenvalue weighted by molar-refractivity contribution is 0.112. The molecule has 0 saturated carbocycles. The molecule has 2 rings (SSSR count). The van der Waals surface area contributed by atoms with Crippen molar-refractivity contribution in [3.8, 4) is 0 Å². The lowest BCUT2D eigenvalue weighted by Gasteiger charge is -2.02. The van der Waals surface area contributed by atoms with Gasteiger partial charge in [-0.1, -0.05) is 15.9 Å². The average molecular weight is 283 g/mol. The number of nitrogens with zero attached hydrogens (tertiary/aromatic N) is 2. The van der Waals surface area contributed by atoms with E-state index in [9.17, 15) is 9.18 Å². The highest BCUT2D eigenvalue weighted by Gasteiger charge is 2.02. The fourth-order valence-electron chi connectivity index (χ4n) is 1.42. The van der Waals surface area contributed by atoms with E-state index in [1.165, 1.54) is 18.3 Å². The summed E-state index contributed by atoms with van der Waals surface area (Å²) in [6.07, 6.45) is 3.82. The Morgan fingerprint density at radius 3 is 2.88 bits per heavy atom. The smallest absolute Gasteiger partial charge is 0.153 e. The number of rotatable bonds is 3. The molecule has 0 saturated heterocycles. The number of aromatic nitrogens is 2. The zero-order chi connectivity index (χ0) is 11.5. The van der Waals surface area contributed by atoms with Crippen molar-refractivity contribution in [2.45, 2.75) is 6.54 Å². The van der Waals surface area contributed by atoms with Gasteiger partial charge in [-0.25, -0.2) is 4.39 Å². The van der Waals surface area contributed by atoms with E-state index in [-0.39, 0.29) is 5.82 Å². The van der Waals surface area contributed by atoms with E-state index in [1.807, 2.05) is 6.07 Å². The van der Waals surface area contributed by atoms with Gasteiger partial charge >= 0.3 is 0 Å². The Hall–Kier alpha value is -1.49. The zero-order valence-corrected chi connectivity index (χ0v) is 9.82. The van der Waals surface area contributed by atoms with Gasteiger partial charge in [0, 0.05) is 10.7 Å². The first kappa shape index (κ1) is 11.0. The van der Waals surface area contributed by atoms with Gasteiger partial charge in [0.1, 0.15) is 5.82 Å². The fraction of sp³-hybridized carbons (Fsp3) is 0.0909. The number of hydrogen-bond acceptors (Lipinski definition) is 2. The molecule has 0 spiro atoms. The molecule has 0 radical (unpaired) electrons. The van der Waals surface area contributed by atoms with Crippen LogP contribution in [0.4, 0.5) is 4.39 Å². The summed E-state index contributed by atoms with van der Waals surface area (Å²) in [5.41, 5.74) is 1.29. The van der Waals surface area contributed by atoms with Crippen molar-refractivity contribution in [2.24, 2.45) is 0 Å². The summed E-state index contributed by atoms with van der Waals surface area (Å²) in [5.74, 6) is -0.299. The largest absolute Gasteiger partial charge is 0.298 e. The Morgan fingerprint density at radius 2 is 2.25 bits per heavy atom. The lowest BCUT2D eigenvalue weighted by Crippen LogP contribution is -2.00. The van der Waals surface area contributed by atoms with E-state index in [2.05, 4.69) is 21.0 Å². The van der Waals surface area contributed by atoms with Crippen molar-refractivity contribution in [3.05, 3.63) is 52.0 Å². The van der Waals surface area contributed by atoms with Crippen LogP contribution in [0.15, 0.2) is 35.1 Å². The van der Waals surface area contributed by atoms with E-state index in [0.29, 0.717) is 16.6 Å². The molecule has 16 heavy (non-hydrogen) atoms. The van der Waals surface area contributed by atoms with Gasteiger partial charge in [0.25, 0.3) is 0 Å². The number of halogens is 2. The first-order valence-corrected chi connectivity index (χ1v) is 5.39. The predicted octanol–water partition coefficient (Wildman–Crippen LogP) is 2.65. The van der Waals surface area contributed by atoms with Crippen LogP contribution in [0.3, 0.4) is 0 Å². The molecule has 0 N–H and O–H groups in total. The molecule has 3 nitrogen and oxygen atoms in total. The number of benzene rings is 1. The molecule has 0 unspecified atom stereocenters. The second kappa shape index (κ2) is 4.57. The molecule has 0 atom stereocenters. The average Bonchev–Trinajstić information content (AvgIpc) is 2.64. The van der Waals surface area contributed by atoms with Crippen LogP contribution in [0, 0.1) is 5.82 Å². The molecule has 5 heteroatoms. The molecular weight excluding hydrogens is 275 g/mol. The topological polar surface area (TPSA) is 34.9 Å². The van der Waals surface area contributed by atoms with Crippen LogP contribution in [0.5, 0.6) is 0 Å². The number of carbonyl (C=O) groups is 1. The van der Waals surface area contributed by atoms with Gasteiger partial charge in [-0.2, -0.15) is 5.10 Å². The predicted molar refractivity (Wildman–Crippen MR) is 60.8 cm³/mol. The highest BCUT2D eigenvalue weighted by Crippen LogP contribution is 2.15. The van der Waals surface area contributed by atoms with Crippen LogP contribution < -0.4 is 0 Å². The monoisotopic (exact) mass is 282 g/mol. The van der Waals surface area contributed by atoms with Gasteiger partial charge in [0.15, 0.2) is 6.29 Å². The second-order valence-electron chi connectivity index (χ2n) is 3.37. The Kier molecular flexibility index (Phi) is 3.14. The fourth-order valence-corrected chi connectivity index (χ4v) is 1.93. The molecule has 0 aliphatic carbocycles. The van der Waals surface area contributed by atoms with Gasteiger partial charge in [0.05, 0.1) is 18.3 Å². The van der Waals surface area contributed by atoms with Crippen molar-refractivity contribution in [3.63, 3.8) is 0 Å². The van der Waals surface area contributed by atoms with Gasteiger partial charge in [-0.3, -0.25) is 9.48 Å². The van der Waals surface area contributed by atoms with Crippen LogP contribution in [0.1, 0.15) is 15.9 Å². The van der Waals surface area contributed by atoms with Crippen molar-refractivity contribution in [1.82, 2.24) is 9.78 Å². The molecule has 1 heterocycles. The number of hydrogen-bond donors (Lipinski definition) is 0. The second-order valence-corrected chi connectivity index (χ2v) is 4.28. The minimum atomic E-state index is -0.299. The number of carbonyl (C=O) groups excluding carboxylic acids is 1. The molecular formula is C11H8BrFN2O. The third-order valence-corrected chi connectivity index (χ3v) is 2.51. The highest BCUT2D eigenvalue weighted by atomic mass is 79.9. The molecule has 0 amide bonds. The molecule has 0 aliphatic heterocycles. The van der Waals surface area contributed by atoms with Crippen LogP contribution in [0.25, 0.3) is 0 Å². The third-order valence-electron chi connectivity index (χ3n) is 2.06. The lowest BCUT2D eigenvalue weighted by atomic mass is 10.2. The summed E-state index contributed by atoms with van der Waals surface area (Å²) in [4.78, 5) is 10.5.